The third-order valence-electron chi connectivity index (χ3n) is 4.87. The molecule has 0 bridgehead atoms. The Labute approximate surface area is 173 Å². The molecule has 0 saturated heterocycles. The van der Waals surface area contributed by atoms with E-state index in [0.29, 0.717) is 18.6 Å². The normalized spacial score (nSPS) is 10.9. The van der Waals surface area contributed by atoms with Gasteiger partial charge in [0.05, 0.1) is 19.3 Å². The second-order valence-corrected chi connectivity index (χ2v) is 6.88. The van der Waals surface area contributed by atoms with Crippen molar-refractivity contribution in [3.8, 4) is 16.9 Å². The molecule has 0 aliphatic heterocycles. The molecule has 0 atom stereocenters. The summed E-state index contributed by atoms with van der Waals surface area (Å²) in [5.74, 6) is 0.187. The maximum absolute atomic E-state index is 14.0. The average Bonchev–Trinajstić information content (AvgIpc) is 3.16. The quantitative estimate of drug-likeness (QED) is 0.369. The molecule has 5 heteroatoms. The molecule has 0 saturated carbocycles. The third kappa shape index (κ3) is 3.92. The Morgan fingerprint density at radius 2 is 1.87 bits per heavy atom. The van der Waals surface area contributed by atoms with Crippen molar-refractivity contribution in [2.24, 2.45) is 0 Å². The number of para-hydroxylation sites is 1. The van der Waals surface area contributed by atoms with Gasteiger partial charge in [-0.05, 0) is 48.4 Å². The van der Waals surface area contributed by atoms with Gasteiger partial charge in [-0.3, -0.25) is 0 Å². The zero-order valence-electron chi connectivity index (χ0n) is 16.8. The number of furan rings is 1. The van der Waals surface area contributed by atoms with E-state index in [1.807, 2.05) is 42.5 Å². The summed E-state index contributed by atoms with van der Waals surface area (Å²) in [5, 5.41) is 0.943. The number of esters is 1. The minimum absolute atomic E-state index is 0.215. The van der Waals surface area contributed by atoms with E-state index in [-0.39, 0.29) is 11.7 Å². The van der Waals surface area contributed by atoms with Crippen LogP contribution in [0.2, 0.25) is 0 Å². The van der Waals surface area contributed by atoms with Gasteiger partial charge in [-0.1, -0.05) is 36.4 Å². The first-order chi connectivity index (χ1) is 14.6. The minimum atomic E-state index is -0.400. The molecule has 0 fully saturated rings. The van der Waals surface area contributed by atoms with Crippen molar-refractivity contribution >= 4 is 16.9 Å². The van der Waals surface area contributed by atoms with E-state index in [4.69, 9.17) is 13.9 Å². The first-order valence-electron chi connectivity index (χ1n) is 9.70. The first kappa shape index (κ1) is 19.7. The summed E-state index contributed by atoms with van der Waals surface area (Å²) in [5.41, 5.74) is 3.75. The van der Waals surface area contributed by atoms with Crippen LogP contribution in [0.1, 0.15) is 28.6 Å². The van der Waals surface area contributed by atoms with Gasteiger partial charge >= 0.3 is 5.97 Å². The molecular formula is C25H21FO4. The van der Waals surface area contributed by atoms with Crippen molar-refractivity contribution in [3.05, 3.63) is 89.4 Å². The molecule has 0 radical (unpaired) electrons. The fourth-order valence-corrected chi connectivity index (χ4v) is 3.48. The summed E-state index contributed by atoms with van der Waals surface area (Å²) in [6.45, 7) is 2.10. The lowest BCUT2D eigenvalue weighted by Crippen LogP contribution is -2.04. The molecule has 0 unspecified atom stereocenters. The number of halogens is 1. The highest BCUT2D eigenvalue weighted by molar-refractivity contribution is 5.96. The van der Waals surface area contributed by atoms with Gasteiger partial charge in [0.25, 0.3) is 0 Å². The van der Waals surface area contributed by atoms with E-state index in [2.05, 4.69) is 0 Å². The molecule has 30 heavy (non-hydrogen) atoms. The molecule has 4 nitrogen and oxygen atoms in total. The Balaban J connectivity index is 1.68. The van der Waals surface area contributed by atoms with E-state index >= 15 is 0 Å². The second-order valence-electron chi connectivity index (χ2n) is 6.88. The molecule has 0 aliphatic carbocycles. The molecule has 0 N–H and O–H groups in total. The fraction of sp³-hybridized carbons (Fsp3) is 0.160. The number of methoxy groups -OCH3 is 1. The van der Waals surface area contributed by atoms with Crippen molar-refractivity contribution in [3.63, 3.8) is 0 Å². The van der Waals surface area contributed by atoms with E-state index in [1.165, 1.54) is 13.2 Å². The van der Waals surface area contributed by atoms with Crippen LogP contribution in [-0.4, -0.2) is 19.7 Å². The Bertz CT molecular complexity index is 1210. The van der Waals surface area contributed by atoms with Gasteiger partial charge in [0.15, 0.2) is 11.6 Å². The fourth-order valence-electron chi connectivity index (χ4n) is 3.48. The van der Waals surface area contributed by atoms with Crippen LogP contribution >= 0.6 is 0 Å². The molecule has 4 aromatic rings. The number of rotatable bonds is 6. The van der Waals surface area contributed by atoms with Gasteiger partial charge in [0.1, 0.15) is 11.3 Å². The van der Waals surface area contributed by atoms with Crippen molar-refractivity contribution in [2.75, 3.05) is 13.7 Å². The van der Waals surface area contributed by atoms with Gasteiger partial charge in [-0.15, -0.1) is 0 Å². The molecule has 152 valence electrons. The summed E-state index contributed by atoms with van der Waals surface area (Å²) < 4.78 is 30.2. The van der Waals surface area contributed by atoms with E-state index in [1.54, 1.807) is 25.1 Å². The van der Waals surface area contributed by atoms with Crippen LogP contribution in [0.3, 0.4) is 0 Å². The lowest BCUT2D eigenvalue weighted by atomic mass is 10.0. The highest BCUT2D eigenvalue weighted by Crippen LogP contribution is 2.32. The van der Waals surface area contributed by atoms with Crippen molar-refractivity contribution in [1.29, 1.82) is 0 Å². The predicted octanol–water partition coefficient (Wildman–Crippen LogP) is 6.02. The molecule has 3 aromatic carbocycles. The maximum Gasteiger partial charge on any atom is 0.338 e. The average molecular weight is 404 g/mol. The van der Waals surface area contributed by atoms with Crippen LogP contribution in [-0.2, 0) is 11.2 Å². The summed E-state index contributed by atoms with van der Waals surface area (Å²) in [4.78, 5) is 12.1. The van der Waals surface area contributed by atoms with Gasteiger partial charge < -0.3 is 13.9 Å². The number of hydrogen-bond acceptors (Lipinski definition) is 4. The number of carbonyl (C=O) groups is 1. The van der Waals surface area contributed by atoms with Crippen LogP contribution < -0.4 is 4.74 Å². The van der Waals surface area contributed by atoms with Gasteiger partial charge in [0.2, 0.25) is 0 Å². The summed E-state index contributed by atoms with van der Waals surface area (Å²) in [6.07, 6.45) is 0.456. The number of ether oxygens (including phenoxy) is 2. The number of benzene rings is 3. The van der Waals surface area contributed by atoms with Crippen molar-refractivity contribution in [2.45, 2.75) is 13.3 Å². The topological polar surface area (TPSA) is 48.7 Å². The SMILES string of the molecule is CCOC(=O)c1cccc(-c2cccc3cc(Cc4ccc(OC)c(F)c4)oc23)c1. The highest BCUT2D eigenvalue weighted by atomic mass is 19.1. The lowest BCUT2D eigenvalue weighted by molar-refractivity contribution is 0.0526. The minimum Gasteiger partial charge on any atom is -0.494 e. The van der Waals surface area contributed by atoms with Crippen LogP contribution in [0.15, 0.2) is 71.1 Å². The number of hydrogen-bond donors (Lipinski definition) is 0. The monoisotopic (exact) mass is 404 g/mol. The Hall–Kier alpha value is -3.60. The smallest absolute Gasteiger partial charge is 0.338 e. The van der Waals surface area contributed by atoms with Crippen LogP contribution in [0.4, 0.5) is 4.39 Å². The van der Waals surface area contributed by atoms with Gasteiger partial charge in [-0.25, -0.2) is 9.18 Å². The Morgan fingerprint density at radius 3 is 2.63 bits per heavy atom. The van der Waals surface area contributed by atoms with Gasteiger partial charge in [-0.2, -0.15) is 0 Å². The molecule has 0 amide bonds. The zero-order valence-corrected chi connectivity index (χ0v) is 16.8. The lowest BCUT2D eigenvalue weighted by Gasteiger charge is -2.06. The summed E-state index contributed by atoms with van der Waals surface area (Å²) in [7, 11) is 1.44. The van der Waals surface area contributed by atoms with Crippen molar-refractivity contribution in [1.82, 2.24) is 0 Å². The number of carbonyl (C=O) groups excluding carboxylic acids is 1. The molecule has 0 aliphatic rings. The first-order valence-corrected chi connectivity index (χ1v) is 9.70. The predicted molar refractivity (Wildman–Crippen MR) is 113 cm³/mol. The summed E-state index contributed by atoms with van der Waals surface area (Å²) >= 11 is 0. The Morgan fingerprint density at radius 1 is 1.03 bits per heavy atom. The largest absolute Gasteiger partial charge is 0.494 e. The zero-order chi connectivity index (χ0) is 21.1. The van der Waals surface area contributed by atoms with Crippen LogP contribution in [0, 0.1) is 5.82 Å². The molecule has 1 aromatic heterocycles. The van der Waals surface area contributed by atoms with Crippen LogP contribution in [0.5, 0.6) is 5.75 Å². The second kappa shape index (κ2) is 8.41. The summed E-state index contributed by atoms with van der Waals surface area (Å²) in [6, 6.07) is 20.0. The maximum atomic E-state index is 14.0. The molecular weight excluding hydrogens is 383 g/mol. The Kier molecular flexibility index (Phi) is 5.53. The van der Waals surface area contributed by atoms with E-state index in [9.17, 15) is 9.18 Å². The van der Waals surface area contributed by atoms with Crippen molar-refractivity contribution < 1.29 is 23.1 Å². The van der Waals surface area contributed by atoms with E-state index < -0.39 is 5.82 Å². The molecule has 1 heterocycles. The molecule has 4 rings (SSSR count). The number of fused-ring (bicyclic) bond motifs is 1. The van der Waals surface area contributed by atoms with Crippen LogP contribution in [0.25, 0.3) is 22.1 Å². The van der Waals surface area contributed by atoms with E-state index in [0.717, 1.165) is 33.4 Å². The molecule has 0 spiro atoms. The standard InChI is InChI=1S/C25H21FO4/c1-3-29-25(27)19-8-4-6-17(14-19)21-9-5-7-18-15-20(30-24(18)21)12-16-10-11-23(28-2)22(26)13-16/h4-11,13-15H,3,12H2,1-2H3. The van der Waals surface area contributed by atoms with Gasteiger partial charge in [0, 0.05) is 17.4 Å². The third-order valence-corrected chi connectivity index (χ3v) is 4.87. The highest BCUT2D eigenvalue weighted by Gasteiger charge is 2.14.